The van der Waals surface area contributed by atoms with E-state index < -0.39 is 0 Å². The lowest BCUT2D eigenvalue weighted by Crippen LogP contribution is -2.45. The third kappa shape index (κ3) is 3.46. The van der Waals surface area contributed by atoms with Crippen LogP contribution in [0, 0.1) is 17.8 Å². The van der Waals surface area contributed by atoms with Crippen LogP contribution in [0.25, 0.3) is 0 Å². The summed E-state index contributed by atoms with van der Waals surface area (Å²) in [5.41, 5.74) is 0. The molecule has 0 heterocycles. The second kappa shape index (κ2) is 6.88. The van der Waals surface area contributed by atoms with Crippen LogP contribution in [0.3, 0.4) is 0 Å². The van der Waals surface area contributed by atoms with Gasteiger partial charge in [-0.15, -0.1) is 0 Å². The van der Waals surface area contributed by atoms with E-state index in [0.29, 0.717) is 6.04 Å². The molecule has 1 N–H and O–H groups in total. The van der Waals surface area contributed by atoms with E-state index in [1.54, 1.807) is 0 Å². The van der Waals surface area contributed by atoms with Gasteiger partial charge in [-0.1, -0.05) is 13.3 Å². The highest BCUT2D eigenvalue weighted by Crippen LogP contribution is 2.48. The molecule has 0 aromatic rings. The van der Waals surface area contributed by atoms with Gasteiger partial charge >= 0.3 is 0 Å². The molecule has 3 heteroatoms. The number of hydrogen-bond donors (Lipinski definition) is 1. The van der Waals surface area contributed by atoms with Crippen molar-refractivity contribution in [2.24, 2.45) is 17.8 Å². The standard InChI is InChI=1S/C15H30N2O/c1-4-16-9-15(11-18-3)17(2)10-14-8-12-5-6-13(14)7-12/h12-16H,4-11H2,1-3H3. The van der Waals surface area contributed by atoms with Crippen molar-refractivity contribution in [1.82, 2.24) is 10.2 Å². The van der Waals surface area contributed by atoms with Gasteiger partial charge in [0.1, 0.15) is 0 Å². The van der Waals surface area contributed by atoms with Gasteiger partial charge in [-0.05, 0) is 50.6 Å². The molecule has 2 saturated carbocycles. The highest BCUT2D eigenvalue weighted by molar-refractivity contribution is 4.91. The summed E-state index contributed by atoms with van der Waals surface area (Å²) in [4.78, 5) is 2.53. The summed E-state index contributed by atoms with van der Waals surface area (Å²) in [5.74, 6) is 3.04. The van der Waals surface area contributed by atoms with Gasteiger partial charge < -0.3 is 10.1 Å². The smallest absolute Gasteiger partial charge is 0.0630 e. The Hall–Kier alpha value is -0.120. The fraction of sp³-hybridized carbons (Fsp3) is 1.00. The maximum Gasteiger partial charge on any atom is 0.0630 e. The average Bonchev–Trinajstić information content (AvgIpc) is 2.96. The van der Waals surface area contributed by atoms with Crippen molar-refractivity contribution >= 4 is 0 Å². The topological polar surface area (TPSA) is 24.5 Å². The first-order valence-corrected chi connectivity index (χ1v) is 7.64. The minimum atomic E-state index is 0.522. The third-order valence-electron chi connectivity index (χ3n) is 5.02. The lowest BCUT2D eigenvalue weighted by molar-refractivity contribution is 0.0879. The Morgan fingerprint density at radius 2 is 2.17 bits per heavy atom. The zero-order valence-corrected chi connectivity index (χ0v) is 12.3. The van der Waals surface area contributed by atoms with Gasteiger partial charge in [0.05, 0.1) is 6.61 Å². The Kier molecular flexibility index (Phi) is 5.46. The van der Waals surface area contributed by atoms with Crippen LogP contribution in [-0.2, 0) is 4.74 Å². The van der Waals surface area contributed by atoms with Crippen molar-refractivity contribution in [2.75, 3.05) is 40.4 Å². The van der Waals surface area contributed by atoms with Crippen LogP contribution >= 0.6 is 0 Å². The van der Waals surface area contributed by atoms with Crippen molar-refractivity contribution in [3.05, 3.63) is 0 Å². The summed E-state index contributed by atoms with van der Waals surface area (Å²) in [5, 5.41) is 3.45. The van der Waals surface area contributed by atoms with Crippen LogP contribution in [0.5, 0.6) is 0 Å². The molecule has 2 fully saturated rings. The Labute approximate surface area is 112 Å². The van der Waals surface area contributed by atoms with E-state index in [4.69, 9.17) is 4.74 Å². The number of hydrogen-bond acceptors (Lipinski definition) is 3. The predicted molar refractivity (Wildman–Crippen MR) is 75.8 cm³/mol. The van der Waals surface area contributed by atoms with Crippen LogP contribution < -0.4 is 5.32 Å². The normalized spacial score (nSPS) is 32.3. The Bertz CT molecular complexity index is 247. The molecule has 4 atom stereocenters. The van der Waals surface area contributed by atoms with E-state index in [0.717, 1.165) is 37.5 Å². The molecule has 0 saturated heterocycles. The summed E-state index contributed by atoms with van der Waals surface area (Å²) in [6.45, 7) is 6.36. The van der Waals surface area contributed by atoms with Gasteiger partial charge in [0.15, 0.2) is 0 Å². The first-order chi connectivity index (χ1) is 8.74. The fourth-order valence-corrected chi connectivity index (χ4v) is 3.96. The lowest BCUT2D eigenvalue weighted by Gasteiger charge is -2.32. The van der Waals surface area contributed by atoms with Crippen molar-refractivity contribution in [3.63, 3.8) is 0 Å². The molecule has 18 heavy (non-hydrogen) atoms. The molecule has 0 aromatic heterocycles. The summed E-state index contributed by atoms with van der Waals surface area (Å²) >= 11 is 0. The molecule has 2 rings (SSSR count). The maximum atomic E-state index is 5.37. The predicted octanol–water partition coefficient (Wildman–Crippen LogP) is 1.98. The molecule has 106 valence electrons. The van der Waals surface area contributed by atoms with E-state index in [1.807, 2.05) is 7.11 Å². The number of nitrogens with one attached hydrogen (secondary N) is 1. The molecule has 3 nitrogen and oxygen atoms in total. The number of ether oxygens (including phenoxy) is 1. The number of rotatable bonds is 8. The van der Waals surface area contributed by atoms with Gasteiger partial charge in [-0.3, -0.25) is 4.90 Å². The van der Waals surface area contributed by atoms with Gasteiger partial charge in [-0.25, -0.2) is 0 Å². The first kappa shape index (κ1) is 14.3. The molecule has 0 aliphatic heterocycles. The summed E-state index contributed by atoms with van der Waals surface area (Å²) in [6, 6.07) is 0.522. The van der Waals surface area contributed by atoms with Gasteiger partial charge in [0.2, 0.25) is 0 Å². The van der Waals surface area contributed by atoms with E-state index in [9.17, 15) is 0 Å². The van der Waals surface area contributed by atoms with E-state index in [-0.39, 0.29) is 0 Å². The molecule has 0 aromatic carbocycles. The Balaban J connectivity index is 1.78. The summed E-state index contributed by atoms with van der Waals surface area (Å²) < 4.78 is 5.37. The Morgan fingerprint density at radius 3 is 2.72 bits per heavy atom. The summed E-state index contributed by atoms with van der Waals surface area (Å²) in [6.07, 6.45) is 5.99. The number of methoxy groups -OCH3 is 1. The van der Waals surface area contributed by atoms with Gasteiger partial charge in [0.25, 0.3) is 0 Å². The van der Waals surface area contributed by atoms with Gasteiger partial charge in [-0.2, -0.15) is 0 Å². The average molecular weight is 254 g/mol. The number of fused-ring (bicyclic) bond motifs is 2. The zero-order chi connectivity index (χ0) is 13.0. The monoisotopic (exact) mass is 254 g/mol. The quantitative estimate of drug-likeness (QED) is 0.717. The number of likely N-dealkylation sites (N-methyl/N-ethyl adjacent to an activating group) is 2. The van der Waals surface area contributed by atoms with Crippen LogP contribution in [0.15, 0.2) is 0 Å². The van der Waals surface area contributed by atoms with Crippen LogP contribution in [0.4, 0.5) is 0 Å². The fourth-order valence-electron chi connectivity index (χ4n) is 3.96. The van der Waals surface area contributed by atoms with Crippen molar-refractivity contribution in [3.8, 4) is 0 Å². The van der Waals surface area contributed by atoms with Crippen LogP contribution in [0.2, 0.25) is 0 Å². The first-order valence-electron chi connectivity index (χ1n) is 7.64. The number of nitrogens with zero attached hydrogens (tertiary/aromatic N) is 1. The molecule has 0 amide bonds. The lowest BCUT2D eigenvalue weighted by atomic mass is 9.88. The highest BCUT2D eigenvalue weighted by Gasteiger charge is 2.40. The SMILES string of the molecule is CCNCC(COC)N(C)CC1CC2CCC1C2. The van der Waals surface area contributed by atoms with E-state index in [1.165, 1.54) is 32.2 Å². The zero-order valence-electron chi connectivity index (χ0n) is 12.3. The minimum Gasteiger partial charge on any atom is -0.383 e. The van der Waals surface area contributed by atoms with Gasteiger partial charge in [0, 0.05) is 26.2 Å². The largest absolute Gasteiger partial charge is 0.383 e. The van der Waals surface area contributed by atoms with Crippen LogP contribution in [-0.4, -0.2) is 51.3 Å². The van der Waals surface area contributed by atoms with Crippen molar-refractivity contribution in [2.45, 2.75) is 38.6 Å². The van der Waals surface area contributed by atoms with E-state index >= 15 is 0 Å². The molecular weight excluding hydrogens is 224 g/mol. The second-order valence-electron chi connectivity index (χ2n) is 6.29. The molecule has 4 unspecified atom stereocenters. The van der Waals surface area contributed by atoms with Crippen molar-refractivity contribution in [1.29, 1.82) is 0 Å². The third-order valence-corrected chi connectivity index (χ3v) is 5.02. The minimum absolute atomic E-state index is 0.522. The maximum absolute atomic E-state index is 5.37. The molecule has 2 aliphatic carbocycles. The molecule has 2 bridgehead atoms. The second-order valence-corrected chi connectivity index (χ2v) is 6.29. The molecule has 0 spiro atoms. The van der Waals surface area contributed by atoms with Crippen molar-refractivity contribution < 1.29 is 4.74 Å². The highest BCUT2D eigenvalue weighted by atomic mass is 16.5. The molecule has 0 radical (unpaired) electrons. The Morgan fingerprint density at radius 1 is 1.33 bits per heavy atom. The van der Waals surface area contributed by atoms with Crippen LogP contribution in [0.1, 0.15) is 32.6 Å². The molecule has 2 aliphatic rings. The van der Waals surface area contributed by atoms with E-state index in [2.05, 4.69) is 24.2 Å². The summed E-state index contributed by atoms with van der Waals surface area (Å²) in [7, 11) is 4.08. The molecular formula is C15H30N2O.